The summed E-state index contributed by atoms with van der Waals surface area (Å²) in [6.45, 7) is 3.71. The summed E-state index contributed by atoms with van der Waals surface area (Å²) in [4.78, 5) is 8.50. The van der Waals surface area contributed by atoms with Crippen LogP contribution in [0.15, 0.2) is 24.3 Å². The van der Waals surface area contributed by atoms with Crippen LogP contribution < -0.4 is 5.73 Å². The van der Waals surface area contributed by atoms with Crippen LogP contribution in [0.1, 0.15) is 11.4 Å². The topological polar surface area (TPSA) is 51.8 Å². The summed E-state index contributed by atoms with van der Waals surface area (Å²) in [6.07, 6.45) is 0. The number of hydrogen-bond donors (Lipinski definition) is 1. The monoisotopic (exact) mass is 233 g/mol. The van der Waals surface area contributed by atoms with Crippen molar-refractivity contribution in [3.05, 3.63) is 40.7 Å². The molecular formula is C12H12ClN3. The molecule has 0 amide bonds. The predicted octanol–water partition coefficient (Wildman–Crippen LogP) is 3.00. The first-order valence-electron chi connectivity index (χ1n) is 4.95. The predicted molar refractivity (Wildman–Crippen MR) is 66.4 cm³/mol. The van der Waals surface area contributed by atoms with Crippen molar-refractivity contribution in [1.82, 2.24) is 9.97 Å². The van der Waals surface area contributed by atoms with Crippen LogP contribution in [0.3, 0.4) is 0 Å². The number of hydrogen-bond acceptors (Lipinski definition) is 3. The van der Waals surface area contributed by atoms with Crippen molar-refractivity contribution in [2.45, 2.75) is 13.8 Å². The Morgan fingerprint density at radius 1 is 1.12 bits per heavy atom. The highest BCUT2D eigenvalue weighted by molar-refractivity contribution is 6.33. The summed E-state index contributed by atoms with van der Waals surface area (Å²) in [7, 11) is 0. The van der Waals surface area contributed by atoms with Gasteiger partial charge in [0, 0.05) is 16.1 Å². The summed E-state index contributed by atoms with van der Waals surface area (Å²) in [5.74, 6) is 1.15. The number of rotatable bonds is 1. The van der Waals surface area contributed by atoms with Crippen LogP contribution in [-0.2, 0) is 0 Å². The van der Waals surface area contributed by atoms with Gasteiger partial charge in [0.25, 0.3) is 0 Å². The zero-order chi connectivity index (χ0) is 11.7. The number of anilines is 1. The molecule has 0 spiro atoms. The van der Waals surface area contributed by atoms with E-state index in [0.717, 1.165) is 16.8 Å². The number of nitrogen functional groups attached to an aromatic ring is 1. The van der Waals surface area contributed by atoms with E-state index in [2.05, 4.69) is 9.97 Å². The molecule has 16 heavy (non-hydrogen) atoms. The van der Waals surface area contributed by atoms with Gasteiger partial charge in [-0.3, -0.25) is 0 Å². The Balaban J connectivity index is 2.69. The van der Waals surface area contributed by atoms with Crippen LogP contribution in [0.25, 0.3) is 11.3 Å². The van der Waals surface area contributed by atoms with Gasteiger partial charge in [-0.25, -0.2) is 9.97 Å². The summed E-state index contributed by atoms with van der Waals surface area (Å²) in [6, 6.07) is 7.58. The van der Waals surface area contributed by atoms with Crippen molar-refractivity contribution < 1.29 is 0 Å². The third kappa shape index (κ3) is 1.86. The first-order chi connectivity index (χ1) is 7.59. The van der Waals surface area contributed by atoms with Gasteiger partial charge in [-0.2, -0.15) is 0 Å². The van der Waals surface area contributed by atoms with E-state index in [9.17, 15) is 0 Å². The van der Waals surface area contributed by atoms with Crippen LogP contribution in [0, 0.1) is 13.8 Å². The Morgan fingerprint density at radius 3 is 2.50 bits per heavy atom. The van der Waals surface area contributed by atoms with E-state index in [4.69, 9.17) is 17.3 Å². The van der Waals surface area contributed by atoms with E-state index in [1.54, 1.807) is 0 Å². The molecule has 0 unspecified atom stereocenters. The number of nitrogens with two attached hydrogens (primary N) is 1. The highest BCUT2D eigenvalue weighted by atomic mass is 35.5. The fourth-order valence-electron chi connectivity index (χ4n) is 1.57. The Morgan fingerprint density at radius 2 is 1.81 bits per heavy atom. The Bertz CT molecular complexity index is 538. The third-order valence-corrected chi connectivity index (χ3v) is 2.75. The van der Waals surface area contributed by atoms with Crippen molar-refractivity contribution in [3.63, 3.8) is 0 Å². The average Bonchev–Trinajstić information content (AvgIpc) is 2.24. The Labute approximate surface area is 99.3 Å². The SMILES string of the molecule is Cc1nc(N)c(C)c(-c2ccccc2Cl)n1. The summed E-state index contributed by atoms with van der Waals surface area (Å²) >= 11 is 6.13. The minimum atomic E-state index is 0.502. The third-order valence-electron chi connectivity index (χ3n) is 2.42. The maximum Gasteiger partial charge on any atom is 0.130 e. The van der Waals surface area contributed by atoms with Gasteiger partial charge in [0.05, 0.1) is 5.69 Å². The molecule has 1 aromatic heterocycles. The molecule has 0 saturated carbocycles. The molecule has 0 atom stereocenters. The lowest BCUT2D eigenvalue weighted by molar-refractivity contribution is 1.05. The molecule has 0 saturated heterocycles. The van der Waals surface area contributed by atoms with Gasteiger partial charge in [0.2, 0.25) is 0 Å². The van der Waals surface area contributed by atoms with E-state index in [1.165, 1.54) is 0 Å². The molecule has 4 heteroatoms. The zero-order valence-electron chi connectivity index (χ0n) is 9.16. The van der Waals surface area contributed by atoms with Gasteiger partial charge in [-0.05, 0) is 19.9 Å². The second-order valence-electron chi connectivity index (χ2n) is 3.61. The van der Waals surface area contributed by atoms with Crippen LogP contribution >= 0.6 is 11.6 Å². The van der Waals surface area contributed by atoms with Crippen molar-refractivity contribution >= 4 is 17.4 Å². The second-order valence-corrected chi connectivity index (χ2v) is 4.02. The van der Waals surface area contributed by atoms with E-state index in [0.29, 0.717) is 16.7 Å². The van der Waals surface area contributed by atoms with E-state index >= 15 is 0 Å². The summed E-state index contributed by atoms with van der Waals surface area (Å²) in [5.41, 5.74) is 8.36. The molecule has 0 bridgehead atoms. The minimum Gasteiger partial charge on any atom is -0.383 e. The van der Waals surface area contributed by atoms with Gasteiger partial charge in [-0.15, -0.1) is 0 Å². The number of aryl methyl sites for hydroxylation is 1. The van der Waals surface area contributed by atoms with E-state index < -0.39 is 0 Å². The normalized spacial score (nSPS) is 10.4. The molecule has 0 aliphatic heterocycles. The Hall–Kier alpha value is -1.61. The second kappa shape index (κ2) is 4.10. The lowest BCUT2D eigenvalue weighted by Crippen LogP contribution is -2.02. The molecule has 0 aliphatic carbocycles. The average molecular weight is 234 g/mol. The molecule has 0 aliphatic rings. The Kier molecular flexibility index (Phi) is 2.79. The molecule has 2 rings (SSSR count). The first-order valence-corrected chi connectivity index (χ1v) is 5.33. The lowest BCUT2D eigenvalue weighted by atomic mass is 10.1. The molecule has 2 N–H and O–H groups in total. The zero-order valence-corrected chi connectivity index (χ0v) is 9.92. The molecule has 1 aromatic carbocycles. The maximum atomic E-state index is 6.13. The van der Waals surface area contributed by atoms with Crippen LogP contribution in [0.2, 0.25) is 5.02 Å². The minimum absolute atomic E-state index is 0.502. The number of benzene rings is 1. The lowest BCUT2D eigenvalue weighted by Gasteiger charge is -2.09. The van der Waals surface area contributed by atoms with Gasteiger partial charge < -0.3 is 5.73 Å². The molecular weight excluding hydrogens is 222 g/mol. The number of aromatic nitrogens is 2. The summed E-state index contributed by atoms with van der Waals surface area (Å²) < 4.78 is 0. The van der Waals surface area contributed by atoms with E-state index in [-0.39, 0.29) is 0 Å². The fraction of sp³-hybridized carbons (Fsp3) is 0.167. The van der Waals surface area contributed by atoms with Crippen LogP contribution in [-0.4, -0.2) is 9.97 Å². The van der Waals surface area contributed by atoms with Crippen LogP contribution in [0.5, 0.6) is 0 Å². The van der Waals surface area contributed by atoms with Gasteiger partial charge in [0.15, 0.2) is 0 Å². The highest BCUT2D eigenvalue weighted by Gasteiger charge is 2.11. The van der Waals surface area contributed by atoms with Crippen LogP contribution in [0.4, 0.5) is 5.82 Å². The molecule has 0 fully saturated rings. The van der Waals surface area contributed by atoms with Gasteiger partial charge in [0.1, 0.15) is 11.6 Å². The van der Waals surface area contributed by atoms with Gasteiger partial charge >= 0.3 is 0 Å². The fourth-order valence-corrected chi connectivity index (χ4v) is 1.79. The van der Waals surface area contributed by atoms with Crippen molar-refractivity contribution in [3.8, 4) is 11.3 Å². The molecule has 82 valence electrons. The quantitative estimate of drug-likeness (QED) is 0.824. The van der Waals surface area contributed by atoms with Crippen molar-refractivity contribution in [2.24, 2.45) is 0 Å². The molecule has 2 aromatic rings. The summed E-state index contributed by atoms with van der Waals surface area (Å²) in [5, 5.41) is 0.670. The molecule has 0 radical (unpaired) electrons. The number of nitrogens with zero attached hydrogens (tertiary/aromatic N) is 2. The van der Waals surface area contributed by atoms with Gasteiger partial charge in [-0.1, -0.05) is 29.8 Å². The first kappa shape index (κ1) is 10.9. The number of halogens is 1. The maximum absolute atomic E-state index is 6.13. The van der Waals surface area contributed by atoms with Crippen molar-refractivity contribution in [2.75, 3.05) is 5.73 Å². The smallest absolute Gasteiger partial charge is 0.130 e. The highest BCUT2D eigenvalue weighted by Crippen LogP contribution is 2.29. The molecule has 3 nitrogen and oxygen atoms in total. The van der Waals surface area contributed by atoms with Crippen molar-refractivity contribution in [1.29, 1.82) is 0 Å². The largest absolute Gasteiger partial charge is 0.383 e. The molecule has 1 heterocycles. The standard InChI is InChI=1S/C12H12ClN3/c1-7-11(15-8(2)16-12(7)14)9-5-3-4-6-10(9)13/h3-6H,1-2H3,(H2,14,15,16). The van der Waals surface area contributed by atoms with E-state index in [1.807, 2.05) is 38.1 Å².